The summed E-state index contributed by atoms with van der Waals surface area (Å²) in [6.45, 7) is 9.23. The van der Waals surface area contributed by atoms with Crippen LogP contribution in [0.25, 0.3) is 0 Å². The highest BCUT2D eigenvalue weighted by Crippen LogP contribution is 2.12. The van der Waals surface area contributed by atoms with Gasteiger partial charge in [0.05, 0.1) is 37.3 Å². The van der Waals surface area contributed by atoms with E-state index in [0.717, 1.165) is 38.3 Å². The summed E-state index contributed by atoms with van der Waals surface area (Å²) in [5.74, 6) is 0. The fourth-order valence-electron chi connectivity index (χ4n) is 3.28. The largest absolute Gasteiger partial charge is 0.328 e. The maximum Gasteiger partial charge on any atom is 0.270 e. The molecule has 1 aliphatic heterocycles. The number of nitro benzene ring substituents is 1. The minimum absolute atomic E-state index is 0.0941. The van der Waals surface area contributed by atoms with E-state index in [9.17, 15) is 10.1 Å². The van der Waals surface area contributed by atoms with Gasteiger partial charge >= 0.3 is 0 Å². The first-order chi connectivity index (χ1) is 12.5. The summed E-state index contributed by atoms with van der Waals surface area (Å²) in [5, 5.41) is 17.4. The van der Waals surface area contributed by atoms with Crippen molar-refractivity contribution in [2.24, 2.45) is 5.10 Å². The topological polar surface area (TPSA) is 63.2 Å². The van der Waals surface area contributed by atoms with Crippen LogP contribution < -0.4 is 4.90 Å². The number of quaternary nitrogens is 1. The van der Waals surface area contributed by atoms with Crippen molar-refractivity contribution >= 4 is 11.9 Å². The molecule has 0 saturated carbocycles. The van der Waals surface area contributed by atoms with E-state index in [1.165, 1.54) is 22.8 Å². The molecule has 6 heteroatoms. The Morgan fingerprint density at radius 2 is 1.96 bits per heavy atom. The van der Waals surface area contributed by atoms with Gasteiger partial charge in [-0.05, 0) is 19.4 Å². The predicted molar refractivity (Wildman–Crippen MR) is 103 cm³/mol. The third-order valence-corrected chi connectivity index (χ3v) is 4.84. The van der Waals surface area contributed by atoms with Gasteiger partial charge in [-0.1, -0.05) is 35.9 Å². The van der Waals surface area contributed by atoms with Crippen molar-refractivity contribution in [2.75, 3.05) is 26.2 Å². The summed E-state index contributed by atoms with van der Waals surface area (Å²) >= 11 is 0. The molecule has 0 radical (unpaired) electrons. The van der Waals surface area contributed by atoms with Gasteiger partial charge in [0.15, 0.2) is 0 Å². The van der Waals surface area contributed by atoms with Crippen molar-refractivity contribution in [2.45, 2.75) is 20.4 Å². The lowest BCUT2D eigenvalue weighted by Gasteiger charge is -2.30. The molecule has 1 saturated heterocycles. The van der Waals surface area contributed by atoms with Crippen LogP contribution in [-0.4, -0.2) is 42.3 Å². The Morgan fingerprint density at radius 3 is 2.65 bits per heavy atom. The van der Waals surface area contributed by atoms with E-state index < -0.39 is 0 Å². The van der Waals surface area contributed by atoms with Crippen molar-refractivity contribution in [1.82, 2.24) is 5.01 Å². The van der Waals surface area contributed by atoms with E-state index in [-0.39, 0.29) is 10.6 Å². The smallest absolute Gasteiger partial charge is 0.270 e. The molecule has 0 spiro atoms. The summed E-state index contributed by atoms with van der Waals surface area (Å²) in [6, 6.07) is 13.2. The normalized spacial score (nSPS) is 15.5. The van der Waals surface area contributed by atoms with E-state index in [4.69, 9.17) is 0 Å². The number of hydrogen-bond donors (Lipinski definition) is 1. The van der Waals surface area contributed by atoms with Gasteiger partial charge in [-0.3, -0.25) is 15.1 Å². The molecule has 0 bridgehead atoms. The molecule has 2 aromatic carbocycles. The Morgan fingerprint density at radius 1 is 1.19 bits per heavy atom. The van der Waals surface area contributed by atoms with Gasteiger partial charge in [0, 0.05) is 23.3 Å². The first kappa shape index (κ1) is 18.1. The van der Waals surface area contributed by atoms with E-state index in [2.05, 4.69) is 37.1 Å². The lowest BCUT2D eigenvalue weighted by atomic mass is 10.1. The highest BCUT2D eigenvalue weighted by molar-refractivity contribution is 5.80. The SMILES string of the molecule is Cc1ccc(C[NH+]2CCN(/N=C/c3cccc([N+](=O)[O-])c3)CC2)c(C)c1. The molecule has 1 heterocycles. The number of hydrogen-bond acceptors (Lipinski definition) is 4. The summed E-state index contributed by atoms with van der Waals surface area (Å²) < 4.78 is 0. The molecular formula is C20H25N4O2+. The number of nitrogens with one attached hydrogen (secondary N) is 1. The van der Waals surface area contributed by atoms with Crippen LogP contribution in [0.5, 0.6) is 0 Å². The second-order valence-electron chi connectivity index (χ2n) is 6.91. The quantitative estimate of drug-likeness (QED) is 0.508. The number of non-ortho nitro benzene ring substituents is 1. The molecule has 1 aliphatic rings. The maximum atomic E-state index is 10.8. The first-order valence-corrected chi connectivity index (χ1v) is 8.94. The van der Waals surface area contributed by atoms with Crippen LogP contribution in [0.2, 0.25) is 0 Å². The Labute approximate surface area is 153 Å². The van der Waals surface area contributed by atoms with Crippen molar-refractivity contribution in [3.8, 4) is 0 Å². The standard InChI is InChI=1S/C20H24N4O2/c1-16-6-7-19(17(2)12-16)15-22-8-10-23(11-9-22)21-14-18-4-3-5-20(13-18)24(25)26/h3-7,12-14H,8-11,15H2,1-2H3/p+1/b21-14+. The lowest BCUT2D eigenvalue weighted by Crippen LogP contribution is -3.13. The van der Waals surface area contributed by atoms with E-state index in [1.807, 2.05) is 11.1 Å². The Balaban J connectivity index is 1.53. The maximum absolute atomic E-state index is 10.8. The van der Waals surface area contributed by atoms with Crippen LogP contribution in [0.1, 0.15) is 22.3 Å². The van der Waals surface area contributed by atoms with Crippen LogP contribution in [0.3, 0.4) is 0 Å². The van der Waals surface area contributed by atoms with Gasteiger partial charge in [0.2, 0.25) is 0 Å². The average molecular weight is 353 g/mol. The molecule has 6 nitrogen and oxygen atoms in total. The number of nitrogens with zero attached hydrogens (tertiary/aromatic N) is 3. The zero-order valence-electron chi connectivity index (χ0n) is 15.3. The number of nitro groups is 1. The van der Waals surface area contributed by atoms with Gasteiger partial charge in [-0.25, -0.2) is 0 Å². The van der Waals surface area contributed by atoms with Crippen molar-refractivity contribution in [3.63, 3.8) is 0 Å². The van der Waals surface area contributed by atoms with Crippen LogP contribution >= 0.6 is 0 Å². The molecule has 2 aromatic rings. The van der Waals surface area contributed by atoms with Gasteiger partial charge < -0.3 is 4.90 Å². The van der Waals surface area contributed by atoms with Gasteiger partial charge in [0.25, 0.3) is 5.69 Å². The second-order valence-corrected chi connectivity index (χ2v) is 6.91. The van der Waals surface area contributed by atoms with Gasteiger partial charge in [-0.2, -0.15) is 5.10 Å². The van der Waals surface area contributed by atoms with Gasteiger partial charge in [0.1, 0.15) is 6.54 Å². The monoisotopic (exact) mass is 353 g/mol. The fraction of sp³-hybridized carbons (Fsp3) is 0.350. The molecule has 136 valence electrons. The molecule has 0 atom stereocenters. The minimum atomic E-state index is -0.382. The van der Waals surface area contributed by atoms with Crippen LogP contribution in [0, 0.1) is 24.0 Å². The fourth-order valence-corrected chi connectivity index (χ4v) is 3.28. The van der Waals surface area contributed by atoms with E-state index >= 15 is 0 Å². The zero-order chi connectivity index (χ0) is 18.5. The van der Waals surface area contributed by atoms with Crippen molar-refractivity contribution in [1.29, 1.82) is 0 Å². The highest BCUT2D eigenvalue weighted by Gasteiger charge is 2.19. The third-order valence-electron chi connectivity index (χ3n) is 4.84. The molecule has 0 unspecified atom stereocenters. The minimum Gasteiger partial charge on any atom is -0.328 e. The number of hydrazone groups is 1. The summed E-state index contributed by atoms with van der Waals surface area (Å²) in [4.78, 5) is 12.0. The number of rotatable bonds is 5. The summed E-state index contributed by atoms with van der Waals surface area (Å²) in [7, 11) is 0. The molecule has 3 rings (SSSR count). The lowest BCUT2D eigenvalue weighted by molar-refractivity contribution is -0.918. The molecular weight excluding hydrogens is 328 g/mol. The molecule has 0 aliphatic carbocycles. The zero-order valence-corrected chi connectivity index (χ0v) is 15.3. The molecule has 26 heavy (non-hydrogen) atoms. The van der Waals surface area contributed by atoms with Crippen LogP contribution in [0.15, 0.2) is 47.6 Å². The van der Waals surface area contributed by atoms with Gasteiger partial charge in [-0.15, -0.1) is 0 Å². The van der Waals surface area contributed by atoms with Crippen molar-refractivity contribution < 1.29 is 9.82 Å². The van der Waals surface area contributed by atoms with E-state index in [1.54, 1.807) is 23.2 Å². The predicted octanol–water partition coefficient (Wildman–Crippen LogP) is 1.95. The van der Waals surface area contributed by atoms with E-state index in [0.29, 0.717) is 0 Å². The van der Waals surface area contributed by atoms with Crippen molar-refractivity contribution in [3.05, 3.63) is 74.8 Å². The molecule has 0 aromatic heterocycles. The Kier molecular flexibility index (Phi) is 5.63. The summed E-state index contributed by atoms with van der Waals surface area (Å²) in [5.41, 5.74) is 4.94. The first-order valence-electron chi connectivity index (χ1n) is 8.94. The Hall–Kier alpha value is -2.73. The molecule has 1 N–H and O–H groups in total. The Bertz CT molecular complexity index is 811. The van der Waals surface area contributed by atoms with Crippen LogP contribution in [-0.2, 0) is 6.54 Å². The summed E-state index contributed by atoms with van der Waals surface area (Å²) in [6.07, 6.45) is 1.71. The third kappa shape index (κ3) is 4.67. The number of benzene rings is 2. The average Bonchev–Trinajstić information content (AvgIpc) is 2.63. The van der Waals surface area contributed by atoms with Crippen LogP contribution in [0.4, 0.5) is 5.69 Å². The molecule has 0 amide bonds. The number of aryl methyl sites for hydroxylation is 2. The second kappa shape index (κ2) is 8.10. The molecule has 1 fully saturated rings. The number of piperazine rings is 1. The highest BCUT2D eigenvalue weighted by atomic mass is 16.6.